The molecule has 0 amide bonds. The number of methoxy groups -OCH3 is 1. The summed E-state index contributed by atoms with van der Waals surface area (Å²) in [6, 6.07) is 4.65. The van der Waals surface area contributed by atoms with E-state index in [0.717, 1.165) is 0 Å². The molecule has 0 radical (unpaired) electrons. The van der Waals surface area contributed by atoms with Gasteiger partial charge in [0.15, 0.2) is 0 Å². The number of esters is 1. The van der Waals surface area contributed by atoms with Gasteiger partial charge >= 0.3 is 57.4 Å². The zero-order valence-corrected chi connectivity index (χ0v) is 13.5. The Morgan fingerprint density at radius 3 is 2.47 bits per heavy atom. The molecule has 0 aliphatic rings. The Kier molecular flexibility index (Phi) is 16.3. The third-order valence-corrected chi connectivity index (χ3v) is 1.66. The van der Waals surface area contributed by atoms with Crippen molar-refractivity contribution in [2.45, 2.75) is 6.04 Å². The van der Waals surface area contributed by atoms with Crippen LogP contribution in [0.3, 0.4) is 0 Å². The fraction of sp³-hybridized carbons (Fsp3) is 0.200. The van der Waals surface area contributed by atoms with Gasteiger partial charge in [0, 0.05) is 0 Å². The third-order valence-electron chi connectivity index (χ3n) is 1.66. The van der Waals surface area contributed by atoms with Crippen LogP contribution in [0.4, 0.5) is 4.39 Å². The molecule has 0 fully saturated rings. The van der Waals surface area contributed by atoms with Gasteiger partial charge in [0.05, 0.1) is 7.11 Å². The SMILES string of the molecule is COC(=O)C(N)c1cccc(F)c1.Cl.[C-]#N.[K+]. The van der Waals surface area contributed by atoms with Crippen molar-refractivity contribution in [3.8, 4) is 0 Å². The third kappa shape index (κ3) is 7.84. The molecular weight excluding hydrogens is 274 g/mol. The van der Waals surface area contributed by atoms with Gasteiger partial charge in [-0.3, -0.25) is 4.79 Å². The van der Waals surface area contributed by atoms with E-state index in [9.17, 15) is 9.18 Å². The molecule has 4 nitrogen and oxygen atoms in total. The summed E-state index contributed by atoms with van der Waals surface area (Å²) >= 11 is 0. The summed E-state index contributed by atoms with van der Waals surface area (Å²) in [7, 11) is 1.24. The van der Waals surface area contributed by atoms with E-state index in [1.165, 1.54) is 25.3 Å². The smallest absolute Gasteiger partial charge is 0.512 e. The van der Waals surface area contributed by atoms with Gasteiger partial charge in [-0.05, 0) is 17.7 Å². The van der Waals surface area contributed by atoms with Crippen molar-refractivity contribution in [1.82, 2.24) is 0 Å². The molecule has 88 valence electrons. The van der Waals surface area contributed by atoms with Crippen molar-refractivity contribution in [3.63, 3.8) is 0 Å². The molecule has 1 atom stereocenters. The Labute approximate surface area is 148 Å². The van der Waals surface area contributed by atoms with E-state index >= 15 is 0 Å². The molecule has 0 bridgehead atoms. The topological polar surface area (TPSA) is 76.1 Å². The van der Waals surface area contributed by atoms with Crippen LogP contribution < -0.4 is 57.1 Å². The summed E-state index contributed by atoms with van der Waals surface area (Å²) in [5.74, 6) is -0.998. The number of carbonyl (C=O) groups excluding carboxylic acids is 1. The molecule has 7 heteroatoms. The quantitative estimate of drug-likeness (QED) is 0.408. The van der Waals surface area contributed by atoms with Crippen molar-refractivity contribution >= 4 is 18.4 Å². The zero-order valence-electron chi connectivity index (χ0n) is 9.51. The van der Waals surface area contributed by atoms with Gasteiger partial charge in [-0.2, -0.15) is 0 Å². The molecule has 0 aliphatic carbocycles. The monoisotopic (exact) mass is 284 g/mol. The number of hydrogen-bond acceptors (Lipinski definition) is 4. The van der Waals surface area contributed by atoms with Crippen molar-refractivity contribution in [3.05, 3.63) is 42.2 Å². The predicted molar refractivity (Wildman–Crippen MR) is 57.6 cm³/mol. The molecule has 1 rings (SSSR count). The van der Waals surface area contributed by atoms with Crippen LogP contribution >= 0.6 is 12.4 Å². The van der Waals surface area contributed by atoms with E-state index in [4.69, 9.17) is 17.6 Å². The number of benzene rings is 1. The van der Waals surface area contributed by atoms with Crippen LogP contribution in [-0.4, -0.2) is 13.1 Å². The fourth-order valence-corrected chi connectivity index (χ4v) is 0.963. The second-order valence-electron chi connectivity index (χ2n) is 2.56. The summed E-state index contributed by atoms with van der Waals surface area (Å²) in [5.41, 5.74) is 5.89. The fourth-order valence-electron chi connectivity index (χ4n) is 0.963. The molecule has 17 heavy (non-hydrogen) atoms. The summed E-state index contributed by atoms with van der Waals surface area (Å²) in [4.78, 5) is 11.0. The summed E-state index contributed by atoms with van der Waals surface area (Å²) in [6.07, 6.45) is 0. The van der Waals surface area contributed by atoms with Crippen LogP contribution in [-0.2, 0) is 9.53 Å². The van der Waals surface area contributed by atoms with Crippen LogP contribution in [0.2, 0.25) is 0 Å². The Bertz CT molecular complexity index is 363. The second-order valence-corrected chi connectivity index (χ2v) is 2.56. The van der Waals surface area contributed by atoms with Crippen molar-refractivity contribution in [2.75, 3.05) is 7.11 Å². The number of ether oxygens (including phenoxy) is 1. The largest absolute Gasteiger partial charge is 1.00 e. The molecule has 2 N–H and O–H groups in total. The zero-order chi connectivity index (χ0) is 11.8. The molecule has 1 aromatic carbocycles. The molecule has 1 aromatic rings. The van der Waals surface area contributed by atoms with E-state index in [-0.39, 0.29) is 63.8 Å². The minimum Gasteiger partial charge on any atom is -0.512 e. The number of rotatable bonds is 2. The maximum absolute atomic E-state index is 12.7. The molecule has 0 heterocycles. The van der Waals surface area contributed by atoms with Crippen molar-refractivity contribution in [2.24, 2.45) is 5.73 Å². The van der Waals surface area contributed by atoms with Gasteiger partial charge in [0.1, 0.15) is 11.9 Å². The first kappa shape index (κ1) is 22.2. The van der Waals surface area contributed by atoms with Gasteiger partial charge < -0.3 is 22.3 Å². The first-order valence-electron chi connectivity index (χ1n) is 3.96. The molecule has 1 unspecified atom stereocenters. The molecule has 0 saturated heterocycles. The van der Waals surface area contributed by atoms with Gasteiger partial charge in [-0.1, -0.05) is 12.1 Å². The first-order chi connectivity index (χ1) is 7.15. The molecule has 0 aliphatic heterocycles. The maximum Gasteiger partial charge on any atom is 1.00 e. The average molecular weight is 285 g/mol. The summed E-state index contributed by atoms with van der Waals surface area (Å²) in [6.45, 7) is 4.75. The maximum atomic E-state index is 12.7. The number of nitrogens with two attached hydrogens (primary N) is 1. The van der Waals surface area contributed by atoms with E-state index in [1.54, 1.807) is 6.07 Å². The molecule has 0 saturated carbocycles. The Balaban J connectivity index is -0.000000464. The average Bonchev–Trinajstić information content (AvgIpc) is 2.29. The van der Waals surface area contributed by atoms with E-state index in [1.807, 2.05) is 0 Å². The Hall–Kier alpha value is -0.00364. The minimum absolute atomic E-state index is 0. The van der Waals surface area contributed by atoms with Crippen LogP contribution in [0.1, 0.15) is 11.6 Å². The van der Waals surface area contributed by atoms with Crippen molar-refractivity contribution < 1.29 is 65.3 Å². The van der Waals surface area contributed by atoms with Gasteiger partial charge in [0.25, 0.3) is 0 Å². The van der Waals surface area contributed by atoms with E-state index in [0.29, 0.717) is 5.56 Å². The van der Waals surface area contributed by atoms with Crippen LogP contribution in [0.25, 0.3) is 0 Å². The number of nitrogens with zero attached hydrogens (tertiary/aromatic N) is 1. The molecular formula is C10H11ClFKN2O2. The molecule has 0 aromatic heterocycles. The van der Waals surface area contributed by atoms with E-state index in [2.05, 4.69) is 4.74 Å². The van der Waals surface area contributed by atoms with Crippen LogP contribution in [0, 0.1) is 17.7 Å². The second kappa shape index (κ2) is 12.5. The van der Waals surface area contributed by atoms with Crippen LogP contribution in [0.15, 0.2) is 24.3 Å². The summed E-state index contributed by atoms with van der Waals surface area (Å²) < 4.78 is 17.1. The number of hydrogen-bond donors (Lipinski definition) is 1. The normalized spacial score (nSPS) is 9.47. The Morgan fingerprint density at radius 1 is 1.53 bits per heavy atom. The number of carbonyl (C=O) groups is 1. The van der Waals surface area contributed by atoms with Gasteiger partial charge in [-0.25, -0.2) is 4.39 Å². The number of halogens is 2. The van der Waals surface area contributed by atoms with Crippen molar-refractivity contribution in [1.29, 1.82) is 5.26 Å². The summed E-state index contributed by atoms with van der Waals surface area (Å²) in [5, 5.41) is 6.25. The molecule has 0 spiro atoms. The van der Waals surface area contributed by atoms with Crippen LogP contribution in [0.5, 0.6) is 0 Å². The van der Waals surface area contributed by atoms with Gasteiger partial charge in [0.2, 0.25) is 0 Å². The Morgan fingerprint density at radius 2 is 2.06 bits per heavy atom. The first-order valence-corrected chi connectivity index (χ1v) is 3.96. The predicted octanol–water partition coefficient (Wildman–Crippen LogP) is -1.48. The van der Waals surface area contributed by atoms with Gasteiger partial charge in [-0.15, -0.1) is 12.4 Å². The standard InChI is InChI=1S/C9H10FNO2.CN.ClH.K/c1-13-9(12)8(11)6-3-2-4-7(10)5-6;1-2;;/h2-5,8H,11H2,1H3;;1H;/q;-1;;+1. The van der Waals surface area contributed by atoms with E-state index < -0.39 is 17.8 Å². The minimum atomic E-state index is -0.916.